The fourth-order valence-corrected chi connectivity index (χ4v) is 2.50. The smallest absolute Gasteiger partial charge is 0.376 e. The standard InChI is InChI=1S/C11H8F3NO3S2/c1-7-4-8(9-5-19-6-15-9)2-3-10(7)18-20(16,17)11(12,13)14/h2-6H,1H3. The van der Waals surface area contributed by atoms with Crippen LogP contribution in [0.5, 0.6) is 5.75 Å². The summed E-state index contributed by atoms with van der Waals surface area (Å²) in [5.74, 6) is -0.360. The topological polar surface area (TPSA) is 56.3 Å². The van der Waals surface area contributed by atoms with Gasteiger partial charge in [-0.05, 0) is 30.7 Å². The normalized spacial score (nSPS) is 12.4. The fourth-order valence-electron chi connectivity index (χ4n) is 1.42. The van der Waals surface area contributed by atoms with E-state index in [1.165, 1.54) is 36.5 Å². The van der Waals surface area contributed by atoms with Gasteiger partial charge in [-0.3, -0.25) is 0 Å². The number of hydrogen-bond acceptors (Lipinski definition) is 5. The van der Waals surface area contributed by atoms with Gasteiger partial charge in [0.25, 0.3) is 0 Å². The maximum Gasteiger partial charge on any atom is 0.534 e. The van der Waals surface area contributed by atoms with Crippen LogP contribution in [-0.4, -0.2) is 18.9 Å². The summed E-state index contributed by atoms with van der Waals surface area (Å²) in [4.78, 5) is 4.05. The Bertz CT molecular complexity index is 709. The maximum absolute atomic E-state index is 12.2. The number of hydrogen-bond donors (Lipinski definition) is 0. The molecule has 0 unspecified atom stereocenters. The maximum atomic E-state index is 12.2. The van der Waals surface area contributed by atoms with Crippen LogP contribution in [0, 0.1) is 6.92 Å². The van der Waals surface area contributed by atoms with Crippen molar-refractivity contribution in [1.82, 2.24) is 4.98 Å². The molecular weight excluding hydrogens is 315 g/mol. The van der Waals surface area contributed by atoms with E-state index in [1.54, 1.807) is 10.9 Å². The average Bonchev–Trinajstić information content (AvgIpc) is 2.83. The molecule has 0 spiro atoms. The minimum atomic E-state index is -5.65. The van der Waals surface area contributed by atoms with E-state index < -0.39 is 15.6 Å². The predicted molar refractivity (Wildman–Crippen MR) is 67.9 cm³/mol. The number of aryl methyl sites for hydroxylation is 1. The first-order valence-electron chi connectivity index (χ1n) is 5.21. The van der Waals surface area contributed by atoms with Crippen molar-refractivity contribution in [1.29, 1.82) is 0 Å². The second-order valence-electron chi connectivity index (χ2n) is 3.84. The molecule has 2 rings (SSSR count). The highest BCUT2D eigenvalue weighted by atomic mass is 32.2. The molecule has 4 nitrogen and oxygen atoms in total. The van der Waals surface area contributed by atoms with Crippen molar-refractivity contribution < 1.29 is 25.8 Å². The van der Waals surface area contributed by atoms with Crippen LogP contribution < -0.4 is 4.18 Å². The summed E-state index contributed by atoms with van der Waals surface area (Å²) in [6, 6.07) is 4.13. The third-order valence-electron chi connectivity index (χ3n) is 2.39. The Hall–Kier alpha value is -1.61. The molecule has 0 amide bonds. The Morgan fingerprint density at radius 2 is 2.00 bits per heavy atom. The van der Waals surface area contributed by atoms with Crippen molar-refractivity contribution in [2.24, 2.45) is 0 Å². The van der Waals surface area contributed by atoms with Crippen molar-refractivity contribution in [3.8, 4) is 17.0 Å². The van der Waals surface area contributed by atoms with Gasteiger partial charge in [0.15, 0.2) is 0 Å². The predicted octanol–water partition coefficient (Wildman–Crippen LogP) is 3.35. The van der Waals surface area contributed by atoms with E-state index in [4.69, 9.17) is 0 Å². The van der Waals surface area contributed by atoms with Gasteiger partial charge in [-0.25, -0.2) is 4.98 Å². The lowest BCUT2D eigenvalue weighted by atomic mass is 10.1. The lowest BCUT2D eigenvalue weighted by molar-refractivity contribution is -0.0500. The zero-order valence-corrected chi connectivity index (χ0v) is 11.6. The van der Waals surface area contributed by atoms with E-state index in [1.807, 2.05) is 0 Å². The number of aromatic nitrogens is 1. The molecule has 108 valence electrons. The monoisotopic (exact) mass is 323 g/mol. The number of benzene rings is 1. The van der Waals surface area contributed by atoms with Crippen LogP contribution in [0.2, 0.25) is 0 Å². The summed E-state index contributed by atoms with van der Waals surface area (Å²) in [7, 11) is -5.65. The van der Waals surface area contributed by atoms with Gasteiger partial charge in [0.1, 0.15) is 5.75 Å². The van der Waals surface area contributed by atoms with E-state index in [0.717, 1.165) is 0 Å². The molecular formula is C11H8F3NO3S2. The molecule has 1 heterocycles. The first-order chi connectivity index (χ1) is 9.21. The van der Waals surface area contributed by atoms with Gasteiger partial charge in [0.05, 0.1) is 11.2 Å². The highest BCUT2D eigenvalue weighted by molar-refractivity contribution is 7.88. The van der Waals surface area contributed by atoms with Gasteiger partial charge in [-0.15, -0.1) is 11.3 Å². The third kappa shape index (κ3) is 2.93. The van der Waals surface area contributed by atoms with E-state index >= 15 is 0 Å². The SMILES string of the molecule is Cc1cc(-c2cscn2)ccc1OS(=O)(=O)C(F)(F)F. The minimum Gasteiger partial charge on any atom is -0.376 e. The second kappa shape index (κ2) is 5.06. The van der Waals surface area contributed by atoms with E-state index in [2.05, 4.69) is 9.17 Å². The lowest BCUT2D eigenvalue weighted by Gasteiger charge is -2.11. The molecule has 0 saturated heterocycles. The molecule has 1 aromatic heterocycles. The van der Waals surface area contributed by atoms with Crippen LogP contribution in [0.1, 0.15) is 5.56 Å². The molecule has 0 atom stereocenters. The summed E-state index contributed by atoms with van der Waals surface area (Å²) < 4.78 is 62.7. The minimum absolute atomic E-state index is 0.267. The fraction of sp³-hybridized carbons (Fsp3) is 0.182. The number of rotatable bonds is 3. The van der Waals surface area contributed by atoms with Crippen molar-refractivity contribution in [3.05, 3.63) is 34.7 Å². The zero-order valence-electron chi connectivity index (χ0n) is 10.0. The summed E-state index contributed by atoms with van der Waals surface area (Å²) in [5.41, 5.74) is -2.25. The van der Waals surface area contributed by atoms with Gasteiger partial charge in [-0.2, -0.15) is 21.6 Å². The van der Waals surface area contributed by atoms with Gasteiger partial charge in [0.2, 0.25) is 0 Å². The quantitative estimate of drug-likeness (QED) is 0.642. The largest absolute Gasteiger partial charge is 0.534 e. The number of alkyl halides is 3. The molecule has 2 aromatic rings. The van der Waals surface area contributed by atoms with Gasteiger partial charge < -0.3 is 4.18 Å². The Balaban J connectivity index is 2.32. The van der Waals surface area contributed by atoms with Crippen LogP contribution in [0.25, 0.3) is 11.3 Å². The molecule has 0 radical (unpaired) electrons. The average molecular weight is 323 g/mol. The van der Waals surface area contributed by atoms with E-state index in [0.29, 0.717) is 11.3 Å². The van der Waals surface area contributed by atoms with Crippen molar-refractivity contribution >= 4 is 21.5 Å². The zero-order chi connectivity index (χ0) is 15.0. The molecule has 20 heavy (non-hydrogen) atoms. The van der Waals surface area contributed by atoms with Crippen LogP contribution in [-0.2, 0) is 10.1 Å². The molecule has 0 N–H and O–H groups in total. The number of nitrogens with zero attached hydrogens (tertiary/aromatic N) is 1. The van der Waals surface area contributed by atoms with Gasteiger partial charge in [0, 0.05) is 10.9 Å². The molecule has 0 aliphatic carbocycles. The van der Waals surface area contributed by atoms with Crippen LogP contribution in [0.4, 0.5) is 13.2 Å². The van der Waals surface area contributed by atoms with Crippen molar-refractivity contribution in [2.45, 2.75) is 12.4 Å². The van der Waals surface area contributed by atoms with Crippen LogP contribution in [0.3, 0.4) is 0 Å². The molecule has 9 heteroatoms. The number of thiazole rings is 1. The highest BCUT2D eigenvalue weighted by Crippen LogP contribution is 2.31. The lowest BCUT2D eigenvalue weighted by Crippen LogP contribution is -2.28. The summed E-state index contributed by atoms with van der Waals surface area (Å²) in [6.45, 7) is 1.46. The van der Waals surface area contributed by atoms with Crippen LogP contribution in [0.15, 0.2) is 29.1 Å². The van der Waals surface area contributed by atoms with Crippen molar-refractivity contribution in [3.63, 3.8) is 0 Å². The molecule has 0 saturated carbocycles. The molecule has 0 fully saturated rings. The van der Waals surface area contributed by atoms with Gasteiger partial charge in [-0.1, -0.05) is 0 Å². The third-order valence-corrected chi connectivity index (χ3v) is 3.94. The van der Waals surface area contributed by atoms with Crippen LogP contribution >= 0.6 is 11.3 Å². The molecule has 0 aliphatic rings. The summed E-state index contributed by atoms with van der Waals surface area (Å²) >= 11 is 1.37. The van der Waals surface area contributed by atoms with E-state index in [9.17, 15) is 21.6 Å². The molecule has 0 bridgehead atoms. The first kappa shape index (κ1) is 14.8. The van der Waals surface area contributed by atoms with E-state index in [-0.39, 0.29) is 11.3 Å². The highest BCUT2D eigenvalue weighted by Gasteiger charge is 2.48. The van der Waals surface area contributed by atoms with Crippen molar-refractivity contribution in [2.75, 3.05) is 0 Å². The molecule has 1 aromatic carbocycles. The van der Waals surface area contributed by atoms with Gasteiger partial charge >= 0.3 is 15.6 Å². The first-order valence-corrected chi connectivity index (χ1v) is 7.56. The Labute approximate surface area is 117 Å². The Morgan fingerprint density at radius 1 is 1.30 bits per heavy atom. The summed E-state index contributed by atoms with van der Waals surface area (Å²) in [6.07, 6.45) is 0. The Kier molecular flexibility index (Phi) is 3.74. The Morgan fingerprint density at radius 3 is 2.50 bits per heavy atom. The number of halogens is 3. The molecule has 0 aliphatic heterocycles. The second-order valence-corrected chi connectivity index (χ2v) is 6.09. The summed E-state index contributed by atoms with van der Waals surface area (Å²) in [5, 5.41) is 1.77.